The van der Waals surface area contributed by atoms with Gasteiger partial charge in [0.25, 0.3) is 5.91 Å². The van der Waals surface area contributed by atoms with Crippen LogP contribution < -0.4 is 15.4 Å². The maximum Gasteiger partial charge on any atom is 0.264 e. The molecular weight excluding hydrogens is 327 g/mol. The van der Waals surface area contributed by atoms with Gasteiger partial charge in [-0.2, -0.15) is 0 Å². The van der Waals surface area contributed by atoms with E-state index in [1.54, 1.807) is 30.3 Å². The van der Waals surface area contributed by atoms with Crippen molar-refractivity contribution in [2.45, 2.75) is 0 Å². The lowest BCUT2D eigenvalue weighted by Gasteiger charge is -2.10. The lowest BCUT2D eigenvalue weighted by Crippen LogP contribution is -2.37. The minimum Gasteiger partial charge on any atom is -0.484 e. The second-order valence-electron chi connectivity index (χ2n) is 4.26. The first-order chi connectivity index (χ1) is 10.5. The number of ether oxygens (including phenoxy) is 1. The lowest BCUT2D eigenvalue weighted by atomic mass is 10.3. The molecule has 0 fully saturated rings. The zero-order valence-corrected chi connectivity index (χ0v) is 12.9. The van der Waals surface area contributed by atoms with Gasteiger partial charge >= 0.3 is 0 Å². The first-order valence-corrected chi connectivity index (χ1v) is 7.06. The van der Waals surface area contributed by atoms with Crippen LogP contribution in [0.3, 0.4) is 0 Å². The average molecular weight is 339 g/mol. The van der Waals surface area contributed by atoms with E-state index in [-0.39, 0.29) is 11.7 Å². The van der Waals surface area contributed by atoms with Crippen LogP contribution in [0.1, 0.15) is 0 Å². The summed E-state index contributed by atoms with van der Waals surface area (Å²) in [4.78, 5) is 11.7. The van der Waals surface area contributed by atoms with Crippen LogP contribution in [0, 0.1) is 5.82 Å². The predicted octanol–water partition coefficient (Wildman–Crippen LogP) is 3.37. The summed E-state index contributed by atoms with van der Waals surface area (Å²) < 4.78 is 18.3. The summed E-state index contributed by atoms with van der Waals surface area (Å²) in [5.74, 6) is -0.308. The second kappa shape index (κ2) is 7.72. The number of nitrogens with one attached hydrogen (secondary N) is 2. The molecule has 114 valence electrons. The molecule has 0 aromatic heterocycles. The van der Waals surface area contributed by atoms with Crippen LogP contribution in [-0.2, 0) is 4.79 Å². The highest BCUT2D eigenvalue weighted by Crippen LogP contribution is 2.15. The SMILES string of the molecule is O=C(COc1ccc(Cl)cc1)NC(=S)Nc1cccc(F)c1. The molecule has 0 aliphatic heterocycles. The Bertz CT molecular complexity index is 679. The van der Waals surface area contributed by atoms with E-state index in [4.69, 9.17) is 28.6 Å². The minimum atomic E-state index is -0.427. The van der Waals surface area contributed by atoms with E-state index in [0.717, 1.165) is 0 Å². The number of amides is 1. The van der Waals surface area contributed by atoms with Gasteiger partial charge in [-0.3, -0.25) is 10.1 Å². The van der Waals surface area contributed by atoms with Crippen molar-refractivity contribution in [3.63, 3.8) is 0 Å². The molecule has 2 aromatic rings. The van der Waals surface area contributed by atoms with E-state index in [1.165, 1.54) is 18.2 Å². The third-order valence-electron chi connectivity index (χ3n) is 2.52. The van der Waals surface area contributed by atoms with Crippen molar-refractivity contribution < 1.29 is 13.9 Å². The summed E-state index contributed by atoms with van der Waals surface area (Å²) in [7, 11) is 0. The quantitative estimate of drug-likeness (QED) is 0.839. The number of thiocarbonyl (C=S) groups is 1. The highest BCUT2D eigenvalue weighted by Gasteiger charge is 2.06. The van der Waals surface area contributed by atoms with E-state index in [0.29, 0.717) is 16.5 Å². The summed E-state index contributed by atoms with van der Waals surface area (Å²) >= 11 is 10.7. The topological polar surface area (TPSA) is 50.4 Å². The van der Waals surface area contributed by atoms with Crippen LogP contribution >= 0.6 is 23.8 Å². The molecule has 2 N–H and O–H groups in total. The van der Waals surface area contributed by atoms with Crippen molar-refractivity contribution in [1.29, 1.82) is 0 Å². The van der Waals surface area contributed by atoms with Crippen molar-refractivity contribution in [3.05, 3.63) is 59.4 Å². The molecule has 0 spiro atoms. The van der Waals surface area contributed by atoms with Gasteiger partial charge in [0, 0.05) is 10.7 Å². The molecule has 0 aliphatic carbocycles. The molecule has 2 rings (SSSR count). The standard InChI is InChI=1S/C15H12ClFN2O2S/c16-10-4-6-13(7-5-10)21-9-14(20)19-15(22)18-12-3-1-2-11(17)8-12/h1-8H,9H2,(H2,18,19,20,22). The molecular formula is C15H12ClFN2O2S. The first kappa shape index (κ1) is 16.2. The molecule has 4 nitrogen and oxygen atoms in total. The highest BCUT2D eigenvalue weighted by molar-refractivity contribution is 7.80. The van der Waals surface area contributed by atoms with Crippen molar-refractivity contribution >= 4 is 40.5 Å². The average Bonchev–Trinajstić information content (AvgIpc) is 2.46. The zero-order valence-electron chi connectivity index (χ0n) is 11.3. The molecule has 0 aliphatic rings. The molecule has 0 atom stereocenters. The molecule has 0 heterocycles. The number of hydrogen-bond donors (Lipinski definition) is 2. The molecule has 0 radical (unpaired) electrons. The van der Waals surface area contributed by atoms with Gasteiger partial charge in [0.15, 0.2) is 11.7 Å². The third-order valence-corrected chi connectivity index (χ3v) is 2.98. The van der Waals surface area contributed by atoms with E-state index in [2.05, 4.69) is 10.6 Å². The third kappa shape index (κ3) is 5.31. The fourth-order valence-corrected chi connectivity index (χ4v) is 1.93. The number of carbonyl (C=O) groups is 1. The fraction of sp³-hybridized carbons (Fsp3) is 0.0667. The van der Waals surface area contributed by atoms with Gasteiger partial charge < -0.3 is 10.1 Å². The Balaban J connectivity index is 1.79. The van der Waals surface area contributed by atoms with Gasteiger partial charge in [-0.25, -0.2) is 4.39 Å². The van der Waals surface area contributed by atoms with Gasteiger partial charge in [-0.1, -0.05) is 17.7 Å². The summed E-state index contributed by atoms with van der Waals surface area (Å²) in [6.07, 6.45) is 0. The van der Waals surface area contributed by atoms with Gasteiger partial charge in [0.2, 0.25) is 0 Å². The zero-order chi connectivity index (χ0) is 15.9. The van der Waals surface area contributed by atoms with Crippen molar-refractivity contribution in [3.8, 4) is 5.75 Å². The molecule has 0 saturated carbocycles. The van der Waals surface area contributed by atoms with Crippen LogP contribution in [0.4, 0.5) is 10.1 Å². The van der Waals surface area contributed by atoms with Crippen LogP contribution in [0.5, 0.6) is 5.75 Å². The minimum absolute atomic E-state index is 0.0651. The van der Waals surface area contributed by atoms with Crippen molar-refractivity contribution in [1.82, 2.24) is 5.32 Å². The molecule has 0 saturated heterocycles. The fourth-order valence-electron chi connectivity index (χ4n) is 1.57. The van der Waals surface area contributed by atoms with Gasteiger partial charge in [-0.05, 0) is 54.7 Å². The van der Waals surface area contributed by atoms with Crippen LogP contribution in [0.15, 0.2) is 48.5 Å². The molecule has 7 heteroatoms. The van der Waals surface area contributed by atoms with E-state index >= 15 is 0 Å². The molecule has 0 unspecified atom stereocenters. The Morgan fingerprint density at radius 1 is 1.23 bits per heavy atom. The number of halogens is 2. The summed E-state index contributed by atoms with van der Waals surface area (Å²) in [5.41, 5.74) is 0.448. The van der Waals surface area contributed by atoms with Gasteiger partial charge in [0.05, 0.1) is 0 Å². The molecule has 0 bridgehead atoms. The first-order valence-electron chi connectivity index (χ1n) is 6.28. The Hall–Kier alpha value is -2.18. The van der Waals surface area contributed by atoms with Gasteiger partial charge in [0.1, 0.15) is 11.6 Å². The molecule has 22 heavy (non-hydrogen) atoms. The molecule has 1 amide bonds. The molecule has 2 aromatic carbocycles. The number of anilines is 1. The Kier molecular flexibility index (Phi) is 5.68. The monoisotopic (exact) mass is 338 g/mol. The van der Waals surface area contributed by atoms with Crippen LogP contribution in [-0.4, -0.2) is 17.6 Å². The van der Waals surface area contributed by atoms with E-state index in [9.17, 15) is 9.18 Å². The summed E-state index contributed by atoms with van der Waals surface area (Å²) in [5, 5.41) is 5.79. The maximum absolute atomic E-state index is 13.0. The summed E-state index contributed by atoms with van der Waals surface area (Å²) in [6, 6.07) is 12.4. The Labute approximate surface area is 137 Å². The Morgan fingerprint density at radius 3 is 2.64 bits per heavy atom. The number of carbonyl (C=O) groups excluding carboxylic acids is 1. The smallest absolute Gasteiger partial charge is 0.264 e. The Morgan fingerprint density at radius 2 is 1.95 bits per heavy atom. The number of hydrogen-bond acceptors (Lipinski definition) is 3. The van der Waals surface area contributed by atoms with Crippen LogP contribution in [0.25, 0.3) is 0 Å². The van der Waals surface area contributed by atoms with Gasteiger partial charge in [-0.15, -0.1) is 0 Å². The normalized spacial score (nSPS) is 9.91. The van der Waals surface area contributed by atoms with Crippen LogP contribution in [0.2, 0.25) is 5.02 Å². The highest BCUT2D eigenvalue weighted by atomic mass is 35.5. The largest absolute Gasteiger partial charge is 0.484 e. The lowest BCUT2D eigenvalue weighted by molar-refractivity contribution is -0.121. The van der Waals surface area contributed by atoms with E-state index in [1.807, 2.05) is 0 Å². The second-order valence-corrected chi connectivity index (χ2v) is 5.10. The van der Waals surface area contributed by atoms with E-state index < -0.39 is 11.7 Å². The maximum atomic E-state index is 13.0. The predicted molar refractivity (Wildman–Crippen MR) is 87.7 cm³/mol. The summed E-state index contributed by atoms with van der Waals surface area (Å²) in [6.45, 7) is -0.202. The number of rotatable bonds is 4. The number of benzene rings is 2. The van der Waals surface area contributed by atoms with Crippen molar-refractivity contribution in [2.24, 2.45) is 0 Å². The van der Waals surface area contributed by atoms with Crippen molar-refractivity contribution in [2.75, 3.05) is 11.9 Å².